The van der Waals surface area contributed by atoms with Crippen molar-refractivity contribution in [1.29, 1.82) is 0 Å². The summed E-state index contributed by atoms with van der Waals surface area (Å²) >= 11 is 0. The largest absolute Gasteiger partial charge is 0.493 e. The van der Waals surface area contributed by atoms with E-state index in [0.29, 0.717) is 50.7 Å². The van der Waals surface area contributed by atoms with E-state index in [0.717, 1.165) is 139 Å². The van der Waals surface area contributed by atoms with Crippen LogP contribution < -0.4 is 18.9 Å². The fraction of sp³-hybridized carbons (Fsp3) is 0.450. The number of ether oxygens (including phenoxy) is 4. The van der Waals surface area contributed by atoms with Gasteiger partial charge in [0.25, 0.3) is 0 Å². The van der Waals surface area contributed by atoms with Crippen molar-refractivity contribution >= 4 is 0 Å². The minimum atomic E-state index is -0.197. The molecule has 0 radical (unpaired) electrons. The summed E-state index contributed by atoms with van der Waals surface area (Å²) in [5.74, 6) is 4.38. The molecule has 464 valence electrons. The van der Waals surface area contributed by atoms with Crippen molar-refractivity contribution in [3.63, 3.8) is 0 Å². The molecule has 0 unspecified atom stereocenters. The van der Waals surface area contributed by atoms with Gasteiger partial charge in [-0.05, 0) is 163 Å². The molecule has 0 N–H and O–H groups in total. The number of hydrogen-bond donors (Lipinski definition) is 0. The Morgan fingerprint density at radius 1 is 0.330 bits per heavy atom. The van der Waals surface area contributed by atoms with Crippen LogP contribution in [0.3, 0.4) is 0 Å². The highest BCUT2D eigenvalue weighted by Crippen LogP contribution is 2.45. The minimum absolute atomic E-state index is 0.196. The van der Waals surface area contributed by atoms with Crippen molar-refractivity contribution in [2.45, 2.75) is 211 Å². The maximum absolute atomic E-state index is 7.47. The summed E-state index contributed by atoms with van der Waals surface area (Å²) in [4.78, 5) is 20.1. The summed E-state index contributed by atoms with van der Waals surface area (Å²) < 4.78 is 29.9. The highest BCUT2D eigenvalue weighted by atomic mass is 16.5. The molecule has 0 amide bonds. The van der Waals surface area contributed by atoms with Gasteiger partial charge in [0.1, 0.15) is 36.2 Å². The number of aryl methyl sites for hydroxylation is 2. The summed E-state index contributed by atoms with van der Waals surface area (Å²) in [7, 11) is 0. The van der Waals surface area contributed by atoms with E-state index in [2.05, 4.69) is 184 Å². The molecule has 4 heterocycles. The molecule has 1 aliphatic rings. The number of rotatable bonds is 18. The van der Waals surface area contributed by atoms with E-state index >= 15 is 0 Å². The van der Waals surface area contributed by atoms with Crippen molar-refractivity contribution in [3.05, 3.63) is 211 Å². The summed E-state index contributed by atoms with van der Waals surface area (Å²) in [5, 5.41) is 0. The second-order valence-corrected chi connectivity index (χ2v) is 29.1. The average molecular weight is 1180 g/mol. The molecule has 9 rings (SSSR count). The lowest BCUT2D eigenvalue weighted by atomic mass is 9.79. The Bertz CT molecular complexity index is 3390. The Balaban J connectivity index is 1.35. The monoisotopic (exact) mass is 1180 g/mol. The highest BCUT2D eigenvalue weighted by Gasteiger charge is 2.30. The first-order chi connectivity index (χ1) is 41.7. The second kappa shape index (κ2) is 27.2. The van der Waals surface area contributed by atoms with Gasteiger partial charge in [0.2, 0.25) is 0 Å². The molecule has 88 heavy (non-hydrogen) atoms. The lowest BCUT2D eigenvalue weighted by Crippen LogP contribution is -2.19. The molecule has 8 aromatic rings. The summed E-state index contributed by atoms with van der Waals surface area (Å²) in [6, 6.07) is 43.9. The number of hydrogen-bond acceptors (Lipinski definition) is 8. The van der Waals surface area contributed by atoms with Crippen LogP contribution in [-0.4, -0.2) is 33.1 Å². The van der Waals surface area contributed by atoms with Crippen LogP contribution in [0.15, 0.2) is 121 Å². The van der Waals surface area contributed by atoms with E-state index in [4.69, 9.17) is 38.9 Å². The predicted molar refractivity (Wildman–Crippen MR) is 364 cm³/mol. The first-order valence-electron chi connectivity index (χ1n) is 32.7. The van der Waals surface area contributed by atoms with Crippen molar-refractivity contribution < 1.29 is 18.9 Å². The van der Waals surface area contributed by atoms with E-state index in [1.165, 1.54) is 22.3 Å². The van der Waals surface area contributed by atoms with Crippen LogP contribution in [0.5, 0.6) is 23.0 Å². The molecule has 4 aromatic carbocycles. The lowest BCUT2D eigenvalue weighted by Gasteiger charge is -2.30. The Labute approximate surface area is 528 Å². The molecular weight excluding hydrogens is 1080 g/mol. The molecule has 0 saturated carbocycles. The smallest absolute Gasteiger partial charge is 0.130 e. The third-order valence-electron chi connectivity index (χ3n) is 17.8. The quantitative estimate of drug-likeness (QED) is 0.0840. The van der Waals surface area contributed by atoms with Crippen molar-refractivity contribution in [2.75, 3.05) is 13.2 Å². The van der Waals surface area contributed by atoms with Gasteiger partial charge in [-0.3, -0.25) is 9.97 Å². The average Bonchev–Trinajstić information content (AvgIpc) is 2.22. The molecule has 4 aromatic heterocycles. The Morgan fingerprint density at radius 3 is 0.807 bits per heavy atom. The minimum Gasteiger partial charge on any atom is -0.493 e. The highest BCUT2D eigenvalue weighted by molar-refractivity contribution is 5.61. The number of fused-ring (bicyclic) bond motifs is 8. The number of pyridine rings is 4. The van der Waals surface area contributed by atoms with E-state index in [-0.39, 0.29) is 34.9 Å². The van der Waals surface area contributed by atoms with Gasteiger partial charge in [-0.2, -0.15) is 0 Å². The van der Waals surface area contributed by atoms with Gasteiger partial charge >= 0.3 is 0 Å². The van der Waals surface area contributed by atoms with E-state index in [9.17, 15) is 0 Å². The molecular formula is C80H100N4O4. The first-order valence-corrected chi connectivity index (χ1v) is 32.7. The Kier molecular flexibility index (Phi) is 20.1. The van der Waals surface area contributed by atoms with E-state index in [1.54, 1.807) is 0 Å². The van der Waals surface area contributed by atoms with Gasteiger partial charge in [0.05, 0.1) is 47.4 Å². The van der Waals surface area contributed by atoms with Crippen LogP contribution in [0, 0.1) is 25.7 Å². The Hall–Kier alpha value is -7.32. The molecule has 0 spiro atoms. The third kappa shape index (κ3) is 15.9. The fourth-order valence-corrected chi connectivity index (χ4v) is 11.9. The summed E-state index contributed by atoms with van der Waals surface area (Å²) in [6.07, 6.45) is 6.38. The van der Waals surface area contributed by atoms with Crippen molar-refractivity contribution in [2.24, 2.45) is 11.8 Å². The second-order valence-electron chi connectivity index (χ2n) is 29.1. The Morgan fingerprint density at radius 2 is 0.568 bits per heavy atom. The topological polar surface area (TPSA) is 88.5 Å². The molecule has 0 aliphatic heterocycles. The fourth-order valence-electron chi connectivity index (χ4n) is 11.9. The standard InChI is InChI=1S/C80H100N4O4/c1-19-53(20-2)47-85-73-55-35-59-43-65(79(13,14)15)45-61(75(59)87-49-67-29-25-33-71(83-67)69-31-23-27-51(5)81-69)37-57-41-64(78(10,11)12)42-58(74(57)86-48-54(21-3)22-4)38-62-46-66(80(16,17)18)44-60(36-56(73)40-63(39-55)77(7,8)9)76(62)88-50-68-30-26-34-72(84-68)70-32-24-28-52(6)82-70/h23-34,39-46,53-54H,19-22,35-38,47-50H2,1-18H3. The zero-order valence-corrected chi connectivity index (χ0v) is 56.6. The molecule has 0 saturated heterocycles. The van der Waals surface area contributed by atoms with Crippen molar-refractivity contribution in [1.82, 2.24) is 19.9 Å². The molecule has 8 nitrogen and oxygen atoms in total. The number of aromatic nitrogens is 4. The van der Waals surface area contributed by atoms with Gasteiger partial charge in [0.15, 0.2) is 0 Å². The van der Waals surface area contributed by atoms with Gasteiger partial charge in [-0.15, -0.1) is 0 Å². The molecule has 8 bridgehead atoms. The van der Waals surface area contributed by atoms with Crippen molar-refractivity contribution in [3.8, 4) is 45.8 Å². The zero-order valence-electron chi connectivity index (χ0n) is 56.6. The molecule has 8 heteroatoms. The van der Waals surface area contributed by atoms with Crippen LogP contribution in [0.25, 0.3) is 22.8 Å². The lowest BCUT2D eigenvalue weighted by molar-refractivity contribution is 0.236. The first kappa shape index (κ1) is 65.1. The van der Waals surface area contributed by atoms with Crippen LogP contribution in [0.4, 0.5) is 0 Å². The van der Waals surface area contributed by atoms with E-state index in [1.807, 2.05) is 62.4 Å². The van der Waals surface area contributed by atoms with Crippen LogP contribution in [0.2, 0.25) is 0 Å². The van der Waals surface area contributed by atoms with E-state index < -0.39 is 0 Å². The van der Waals surface area contributed by atoms with Crippen LogP contribution in [-0.2, 0) is 60.6 Å². The maximum atomic E-state index is 7.47. The zero-order chi connectivity index (χ0) is 63.3. The van der Waals surface area contributed by atoms with Gasteiger partial charge in [0, 0.05) is 37.1 Å². The normalized spacial score (nSPS) is 13.0. The molecule has 0 fully saturated rings. The SMILES string of the molecule is CCC(CC)COc1c2cc(C(C)(C)C)cc1Cc1cc(C(C)(C)C)cc(c1OCc1cccc(-c3cccc(C)n3)n1)Cc1cc(C(C)(C)C)cc(c1OCC(CC)CC)Cc1cc(C(C)(C)C)cc(c1OCc1cccc(-c3cccc(C)n3)n1)C2. The molecule has 1 aliphatic carbocycles. The van der Waals surface area contributed by atoms with Gasteiger partial charge < -0.3 is 18.9 Å². The van der Waals surface area contributed by atoms with Gasteiger partial charge in [-0.25, -0.2) is 9.97 Å². The van der Waals surface area contributed by atoms with Crippen LogP contribution >= 0.6 is 0 Å². The number of nitrogens with zero attached hydrogens (tertiary/aromatic N) is 4. The summed E-state index contributed by atoms with van der Waals surface area (Å²) in [5.41, 5.74) is 20.1. The maximum Gasteiger partial charge on any atom is 0.130 e. The predicted octanol–water partition coefficient (Wildman–Crippen LogP) is 19.9. The van der Waals surface area contributed by atoms with Gasteiger partial charge in [-0.1, -0.05) is 209 Å². The molecule has 0 atom stereocenters. The summed E-state index contributed by atoms with van der Waals surface area (Å²) in [6.45, 7) is 42.9. The third-order valence-corrected chi connectivity index (χ3v) is 17.8. The number of benzene rings is 4. The van der Waals surface area contributed by atoms with Crippen LogP contribution in [0.1, 0.15) is 226 Å².